The largest absolute Gasteiger partial charge is 0.573 e. The van der Waals surface area contributed by atoms with Gasteiger partial charge in [-0.25, -0.2) is 18.3 Å². The number of anilines is 1. The van der Waals surface area contributed by atoms with E-state index >= 15 is 4.39 Å². The number of imidazole rings is 1. The molecule has 4 aromatic rings. The number of nitrogens with one attached hydrogen (secondary N) is 2. The molecule has 38 heavy (non-hydrogen) atoms. The summed E-state index contributed by atoms with van der Waals surface area (Å²) in [5, 5.41) is 9.24. The summed E-state index contributed by atoms with van der Waals surface area (Å²) < 4.78 is 72.8. The van der Waals surface area contributed by atoms with Gasteiger partial charge in [-0.15, -0.1) is 13.2 Å². The number of aryl methyl sites for hydroxylation is 1. The summed E-state index contributed by atoms with van der Waals surface area (Å²) in [6.45, 7) is 4.16. The molecule has 2 heterocycles. The molecule has 13 heteroatoms. The summed E-state index contributed by atoms with van der Waals surface area (Å²) in [4.78, 5) is 28.5. The van der Waals surface area contributed by atoms with Crippen LogP contribution in [-0.2, 0) is 4.79 Å². The lowest BCUT2D eigenvalue weighted by Crippen LogP contribution is -2.29. The predicted molar refractivity (Wildman–Crippen MR) is 126 cm³/mol. The van der Waals surface area contributed by atoms with Gasteiger partial charge in [-0.2, -0.15) is 5.10 Å². The van der Waals surface area contributed by atoms with Crippen LogP contribution in [0.3, 0.4) is 0 Å². The SMILES string of the molecule is CC(=O)Nc1cn2nc(-c3ccc(C)c(C(=O)N[C@H](C)c4cc(OC(F)(F)F)ccc4F)c3F)ccc2n1. The van der Waals surface area contributed by atoms with E-state index in [9.17, 15) is 27.2 Å². The first-order chi connectivity index (χ1) is 17.8. The molecule has 0 aliphatic carbocycles. The molecule has 0 aliphatic rings. The van der Waals surface area contributed by atoms with E-state index in [-0.39, 0.29) is 39.7 Å². The molecular formula is C25H20F5N5O3. The van der Waals surface area contributed by atoms with E-state index in [1.807, 2.05) is 0 Å². The Bertz CT molecular complexity index is 1550. The smallest absolute Gasteiger partial charge is 0.406 e. The van der Waals surface area contributed by atoms with Crippen LogP contribution in [-0.4, -0.2) is 32.8 Å². The highest BCUT2D eigenvalue weighted by Crippen LogP contribution is 2.29. The highest BCUT2D eigenvalue weighted by molar-refractivity contribution is 5.97. The van der Waals surface area contributed by atoms with Gasteiger partial charge in [0.25, 0.3) is 5.91 Å². The Morgan fingerprint density at radius 1 is 1.08 bits per heavy atom. The van der Waals surface area contributed by atoms with E-state index in [2.05, 4.69) is 25.5 Å². The van der Waals surface area contributed by atoms with Gasteiger partial charge in [-0.1, -0.05) is 6.07 Å². The van der Waals surface area contributed by atoms with Crippen LogP contribution < -0.4 is 15.4 Å². The molecule has 0 bridgehead atoms. The summed E-state index contributed by atoms with van der Waals surface area (Å²) >= 11 is 0. The van der Waals surface area contributed by atoms with Gasteiger partial charge in [-0.3, -0.25) is 9.59 Å². The molecule has 0 unspecified atom stereocenters. The van der Waals surface area contributed by atoms with Crippen molar-refractivity contribution in [3.05, 3.63) is 77.0 Å². The van der Waals surface area contributed by atoms with Crippen molar-refractivity contribution in [3.63, 3.8) is 0 Å². The van der Waals surface area contributed by atoms with Crippen molar-refractivity contribution in [3.8, 4) is 17.0 Å². The van der Waals surface area contributed by atoms with Gasteiger partial charge in [0, 0.05) is 18.1 Å². The van der Waals surface area contributed by atoms with Crippen LogP contribution in [0.1, 0.15) is 41.4 Å². The van der Waals surface area contributed by atoms with E-state index in [1.165, 1.54) is 49.7 Å². The Morgan fingerprint density at radius 3 is 2.50 bits per heavy atom. The first-order valence-electron chi connectivity index (χ1n) is 11.1. The third-order valence-electron chi connectivity index (χ3n) is 5.49. The minimum Gasteiger partial charge on any atom is -0.406 e. The van der Waals surface area contributed by atoms with Gasteiger partial charge < -0.3 is 15.4 Å². The monoisotopic (exact) mass is 533 g/mol. The topological polar surface area (TPSA) is 97.6 Å². The first-order valence-corrected chi connectivity index (χ1v) is 11.1. The molecule has 0 saturated carbocycles. The van der Waals surface area contributed by atoms with Gasteiger partial charge in [0.05, 0.1) is 23.5 Å². The number of rotatable bonds is 6. The molecular weight excluding hydrogens is 513 g/mol. The lowest BCUT2D eigenvalue weighted by Gasteiger charge is -2.18. The third-order valence-corrected chi connectivity index (χ3v) is 5.49. The second-order valence-corrected chi connectivity index (χ2v) is 8.37. The zero-order valence-corrected chi connectivity index (χ0v) is 20.2. The maximum atomic E-state index is 15.6. The van der Waals surface area contributed by atoms with Gasteiger partial charge in [-0.05, 0) is 55.8 Å². The van der Waals surface area contributed by atoms with Crippen LogP contribution in [0.2, 0.25) is 0 Å². The maximum Gasteiger partial charge on any atom is 0.573 e. The molecule has 4 rings (SSSR count). The number of aromatic nitrogens is 3. The number of fused-ring (bicyclic) bond motifs is 1. The predicted octanol–water partition coefficient (Wildman–Crippen LogP) is 5.33. The number of ether oxygens (including phenoxy) is 1. The molecule has 0 aliphatic heterocycles. The minimum atomic E-state index is -4.98. The van der Waals surface area contributed by atoms with Gasteiger partial charge >= 0.3 is 6.36 Å². The molecule has 0 radical (unpaired) electrons. The number of nitrogens with zero attached hydrogens (tertiary/aromatic N) is 3. The molecule has 1 atom stereocenters. The Balaban J connectivity index is 1.63. The zero-order chi connectivity index (χ0) is 27.8. The molecule has 2 aromatic heterocycles. The van der Waals surface area contributed by atoms with Crippen molar-refractivity contribution in [2.45, 2.75) is 33.2 Å². The normalized spacial score (nSPS) is 12.3. The molecule has 198 valence electrons. The van der Waals surface area contributed by atoms with Crippen LogP contribution in [0.4, 0.5) is 27.8 Å². The molecule has 2 amide bonds. The van der Waals surface area contributed by atoms with Crippen molar-refractivity contribution in [2.75, 3.05) is 5.32 Å². The molecule has 0 fully saturated rings. The maximum absolute atomic E-state index is 15.6. The van der Waals surface area contributed by atoms with Crippen LogP contribution >= 0.6 is 0 Å². The van der Waals surface area contributed by atoms with Crippen molar-refractivity contribution in [2.24, 2.45) is 0 Å². The Labute approximate surface area is 212 Å². The number of carbonyl (C=O) groups excluding carboxylic acids is 2. The van der Waals surface area contributed by atoms with E-state index in [0.29, 0.717) is 5.65 Å². The van der Waals surface area contributed by atoms with E-state index in [1.54, 1.807) is 6.07 Å². The van der Waals surface area contributed by atoms with E-state index < -0.39 is 35.7 Å². The summed E-state index contributed by atoms with van der Waals surface area (Å²) in [5.41, 5.74) is 0.169. The Hall–Kier alpha value is -4.55. The molecule has 0 spiro atoms. The molecule has 2 N–H and O–H groups in total. The zero-order valence-electron chi connectivity index (χ0n) is 20.2. The second kappa shape index (κ2) is 10.1. The van der Waals surface area contributed by atoms with Gasteiger partial charge in [0.2, 0.25) is 5.91 Å². The third kappa shape index (κ3) is 5.71. The fraction of sp³-hybridized carbons (Fsp3) is 0.200. The van der Waals surface area contributed by atoms with Gasteiger partial charge in [0.15, 0.2) is 11.5 Å². The average molecular weight is 533 g/mol. The lowest BCUT2D eigenvalue weighted by molar-refractivity contribution is -0.274. The van der Waals surface area contributed by atoms with Crippen LogP contribution in [0.15, 0.2) is 48.7 Å². The fourth-order valence-corrected chi connectivity index (χ4v) is 3.81. The highest BCUT2D eigenvalue weighted by Gasteiger charge is 2.31. The lowest BCUT2D eigenvalue weighted by atomic mass is 10.00. The fourth-order valence-electron chi connectivity index (χ4n) is 3.81. The number of hydrogen-bond donors (Lipinski definition) is 2. The van der Waals surface area contributed by atoms with Crippen LogP contribution in [0, 0.1) is 18.6 Å². The van der Waals surface area contributed by atoms with Crippen molar-refractivity contribution >= 4 is 23.3 Å². The Kier molecular flexibility index (Phi) is 7.03. The van der Waals surface area contributed by atoms with Crippen LogP contribution in [0.25, 0.3) is 16.9 Å². The molecule has 2 aromatic carbocycles. The standard InChI is InChI=1S/C25H20F5N5O3/c1-12-4-6-16(19-8-9-21-33-20(32-14(3)36)11-35(21)34-19)23(27)22(12)24(37)31-13(2)17-10-15(5-7-18(17)26)38-25(28,29)30/h4-11,13H,1-3H3,(H,31,37)(H,32,36)/t13-/m1/s1. The number of benzene rings is 2. The van der Waals surface area contributed by atoms with E-state index in [0.717, 1.165) is 18.2 Å². The molecule has 0 saturated heterocycles. The second-order valence-electron chi connectivity index (χ2n) is 8.37. The number of carbonyl (C=O) groups is 2. The van der Waals surface area contributed by atoms with Gasteiger partial charge in [0.1, 0.15) is 17.4 Å². The number of amides is 2. The number of alkyl halides is 3. The number of halogens is 5. The quantitative estimate of drug-likeness (QED) is 0.327. The van der Waals surface area contributed by atoms with Crippen LogP contribution in [0.5, 0.6) is 5.75 Å². The first kappa shape index (κ1) is 26.5. The average Bonchev–Trinajstić information content (AvgIpc) is 3.20. The Morgan fingerprint density at radius 2 is 1.82 bits per heavy atom. The highest BCUT2D eigenvalue weighted by atomic mass is 19.4. The van der Waals surface area contributed by atoms with Crippen molar-refractivity contribution < 1.29 is 36.3 Å². The number of hydrogen-bond acceptors (Lipinski definition) is 5. The minimum absolute atomic E-state index is 0.0168. The summed E-state index contributed by atoms with van der Waals surface area (Å²) in [6, 6.07) is 7.23. The van der Waals surface area contributed by atoms with Crippen molar-refractivity contribution in [1.29, 1.82) is 0 Å². The van der Waals surface area contributed by atoms with Crippen molar-refractivity contribution in [1.82, 2.24) is 19.9 Å². The summed E-state index contributed by atoms with van der Waals surface area (Å²) in [6.07, 6.45) is -3.55. The summed E-state index contributed by atoms with van der Waals surface area (Å²) in [5.74, 6) is -3.44. The molecule has 8 nitrogen and oxygen atoms in total. The van der Waals surface area contributed by atoms with E-state index in [4.69, 9.17) is 0 Å². The summed E-state index contributed by atoms with van der Waals surface area (Å²) in [7, 11) is 0.